The summed E-state index contributed by atoms with van der Waals surface area (Å²) >= 11 is 0. The van der Waals surface area contributed by atoms with E-state index in [0.29, 0.717) is 12.5 Å². The molecule has 0 heterocycles. The van der Waals surface area contributed by atoms with Gasteiger partial charge in [0.15, 0.2) is 0 Å². The average molecular weight is 265 g/mol. The van der Waals surface area contributed by atoms with Gasteiger partial charge in [0.05, 0.1) is 0 Å². The van der Waals surface area contributed by atoms with Crippen LogP contribution in [0.4, 0.5) is 0 Å². The van der Waals surface area contributed by atoms with Gasteiger partial charge in [-0.1, -0.05) is 26.7 Å². The summed E-state index contributed by atoms with van der Waals surface area (Å²) < 4.78 is 0. The monoisotopic (exact) mass is 264 g/mol. The molecule has 0 aliphatic carbocycles. The summed E-state index contributed by atoms with van der Waals surface area (Å²) in [4.78, 5) is 11.5. The number of carbonyl (C=O) groups is 1. The van der Waals surface area contributed by atoms with Gasteiger partial charge in [0.25, 0.3) is 0 Å². The van der Waals surface area contributed by atoms with Crippen molar-refractivity contribution in [1.82, 2.24) is 10.6 Å². The van der Waals surface area contributed by atoms with Gasteiger partial charge in [-0.15, -0.1) is 12.4 Å². The van der Waals surface area contributed by atoms with Crippen molar-refractivity contribution in [1.29, 1.82) is 0 Å². The molecule has 0 aromatic carbocycles. The van der Waals surface area contributed by atoms with Crippen LogP contribution in [0.2, 0.25) is 0 Å². The second-order valence-corrected chi connectivity index (χ2v) is 5.00. The lowest BCUT2D eigenvalue weighted by molar-refractivity contribution is -0.121. The van der Waals surface area contributed by atoms with Gasteiger partial charge in [-0.3, -0.25) is 4.79 Å². The Kier molecular flexibility index (Phi) is 13.7. The fourth-order valence-corrected chi connectivity index (χ4v) is 1.68. The van der Waals surface area contributed by atoms with E-state index in [2.05, 4.69) is 31.4 Å². The summed E-state index contributed by atoms with van der Waals surface area (Å²) in [5.74, 6) is 0.950. The van der Waals surface area contributed by atoms with E-state index in [-0.39, 0.29) is 18.3 Å². The van der Waals surface area contributed by atoms with Crippen LogP contribution in [0.3, 0.4) is 0 Å². The van der Waals surface area contributed by atoms with Gasteiger partial charge in [-0.25, -0.2) is 0 Å². The SMILES string of the molecule is CNCCCC(=O)NC(C)CCCC(C)C.Cl. The number of carbonyl (C=O) groups excluding carboxylic acids is 1. The lowest BCUT2D eigenvalue weighted by atomic mass is 10.0. The summed E-state index contributed by atoms with van der Waals surface area (Å²) in [6, 6.07) is 0.320. The van der Waals surface area contributed by atoms with Crippen LogP contribution in [0.25, 0.3) is 0 Å². The van der Waals surface area contributed by atoms with Crippen LogP contribution in [-0.4, -0.2) is 25.5 Å². The Hall–Kier alpha value is -0.280. The molecule has 1 unspecified atom stereocenters. The van der Waals surface area contributed by atoms with Crippen LogP contribution in [0, 0.1) is 5.92 Å². The van der Waals surface area contributed by atoms with Crippen molar-refractivity contribution >= 4 is 18.3 Å². The van der Waals surface area contributed by atoms with E-state index in [0.717, 1.165) is 25.3 Å². The van der Waals surface area contributed by atoms with E-state index >= 15 is 0 Å². The van der Waals surface area contributed by atoms with Crippen molar-refractivity contribution < 1.29 is 4.79 Å². The quantitative estimate of drug-likeness (QED) is 0.629. The van der Waals surface area contributed by atoms with Crippen molar-refractivity contribution in [3.05, 3.63) is 0 Å². The molecule has 0 spiro atoms. The summed E-state index contributed by atoms with van der Waals surface area (Å²) in [6.45, 7) is 7.48. The molecule has 0 aliphatic rings. The van der Waals surface area contributed by atoms with Gasteiger partial charge in [-0.2, -0.15) is 0 Å². The fraction of sp³-hybridized carbons (Fsp3) is 0.923. The zero-order valence-corrected chi connectivity index (χ0v) is 12.5. The predicted octanol–water partition coefficient (Wildman–Crippen LogP) is 2.74. The maximum atomic E-state index is 11.5. The zero-order chi connectivity index (χ0) is 12.4. The zero-order valence-electron chi connectivity index (χ0n) is 11.7. The highest BCUT2D eigenvalue weighted by Gasteiger charge is 2.06. The van der Waals surface area contributed by atoms with E-state index in [9.17, 15) is 4.79 Å². The van der Waals surface area contributed by atoms with Crippen molar-refractivity contribution in [2.75, 3.05) is 13.6 Å². The number of amides is 1. The lowest BCUT2D eigenvalue weighted by Gasteiger charge is -2.14. The minimum absolute atomic E-state index is 0. The van der Waals surface area contributed by atoms with Gasteiger partial charge in [0, 0.05) is 12.5 Å². The van der Waals surface area contributed by atoms with E-state index < -0.39 is 0 Å². The molecular formula is C13H29ClN2O. The standard InChI is InChI=1S/C13H28N2O.ClH/c1-11(2)7-5-8-12(3)15-13(16)9-6-10-14-4;/h11-12,14H,5-10H2,1-4H3,(H,15,16);1H. The van der Waals surface area contributed by atoms with Crippen LogP contribution in [-0.2, 0) is 4.79 Å². The normalized spacial score (nSPS) is 12.1. The Morgan fingerprint density at radius 3 is 2.29 bits per heavy atom. The third kappa shape index (κ3) is 13.7. The van der Waals surface area contributed by atoms with E-state index in [1.807, 2.05) is 7.05 Å². The second kappa shape index (κ2) is 12.2. The van der Waals surface area contributed by atoms with E-state index in [1.54, 1.807) is 0 Å². The summed E-state index contributed by atoms with van der Waals surface area (Å²) in [6.07, 6.45) is 5.10. The molecule has 0 aromatic rings. The van der Waals surface area contributed by atoms with Crippen LogP contribution < -0.4 is 10.6 Å². The molecule has 0 radical (unpaired) electrons. The van der Waals surface area contributed by atoms with Crippen molar-refractivity contribution in [3.8, 4) is 0 Å². The molecule has 1 atom stereocenters. The second-order valence-electron chi connectivity index (χ2n) is 5.00. The Balaban J connectivity index is 0. The third-order valence-corrected chi connectivity index (χ3v) is 2.66. The van der Waals surface area contributed by atoms with E-state index in [4.69, 9.17) is 0 Å². The Morgan fingerprint density at radius 1 is 1.12 bits per heavy atom. The number of hydrogen-bond acceptors (Lipinski definition) is 2. The molecular weight excluding hydrogens is 236 g/mol. The smallest absolute Gasteiger partial charge is 0.220 e. The molecule has 2 N–H and O–H groups in total. The Labute approximate surface area is 113 Å². The molecule has 0 rings (SSSR count). The molecule has 3 nitrogen and oxygen atoms in total. The Bertz CT molecular complexity index is 186. The Morgan fingerprint density at radius 2 is 1.76 bits per heavy atom. The summed E-state index contributed by atoms with van der Waals surface area (Å²) in [5.41, 5.74) is 0. The molecule has 0 saturated carbocycles. The molecule has 17 heavy (non-hydrogen) atoms. The van der Waals surface area contributed by atoms with Gasteiger partial charge < -0.3 is 10.6 Å². The first kappa shape index (κ1) is 19.1. The van der Waals surface area contributed by atoms with Crippen LogP contribution in [0.1, 0.15) is 52.9 Å². The number of rotatable bonds is 9. The van der Waals surface area contributed by atoms with Crippen molar-refractivity contribution in [3.63, 3.8) is 0 Å². The molecule has 0 bridgehead atoms. The molecule has 0 fully saturated rings. The highest BCUT2D eigenvalue weighted by atomic mass is 35.5. The topological polar surface area (TPSA) is 41.1 Å². The van der Waals surface area contributed by atoms with Crippen LogP contribution in [0.5, 0.6) is 0 Å². The highest BCUT2D eigenvalue weighted by Crippen LogP contribution is 2.08. The molecule has 1 amide bonds. The number of halogens is 1. The van der Waals surface area contributed by atoms with Gasteiger partial charge in [0.1, 0.15) is 0 Å². The molecule has 0 saturated heterocycles. The minimum Gasteiger partial charge on any atom is -0.354 e. The largest absolute Gasteiger partial charge is 0.354 e. The minimum atomic E-state index is 0. The maximum Gasteiger partial charge on any atom is 0.220 e. The lowest BCUT2D eigenvalue weighted by Crippen LogP contribution is -2.32. The summed E-state index contributed by atoms with van der Waals surface area (Å²) in [5, 5.41) is 6.09. The predicted molar refractivity (Wildman–Crippen MR) is 76.7 cm³/mol. The molecule has 0 aromatic heterocycles. The summed E-state index contributed by atoms with van der Waals surface area (Å²) in [7, 11) is 1.91. The first-order valence-corrected chi connectivity index (χ1v) is 6.50. The molecule has 104 valence electrons. The van der Waals surface area contributed by atoms with Gasteiger partial charge in [-0.05, 0) is 39.3 Å². The first-order valence-electron chi connectivity index (χ1n) is 6.50. The third-order valence-electron chi connectivity index (χ3n) is 2.66. The fourth-order valence-electron chi connectivity index (χ4n) is 1.68. The number of hydrogen-bond donors (Lipinski definition) is 2. The van der Waals surface area contributed by atoms with Crippen LogP contribution in [0.15, 0.2) is 0 Å². The van der Waals surface area contributed by atoms with Crippen LogP contribution >= 0.6 is 12.4 Å². The number of nitrogens with one attached hydrogen (secondary N) is 2. The highest BCUT2D eigenvalue weighted by molar-refractivity contribution is 5.85. The van der Waals surface area contributed by atoms with Gasteiger partial charge >= 0.3 is 0 Å². The molecule has 0 aliphatic heterocycles. The van der Waals surface area contributed by atoms with E-state index in [1.165, 1.54) is 12.8 Å². The average Bonchev–Trinajstić information content (AvgIpc) is 2.17. The van der Waals surface area contributed by atoms with Gasteiger partial charge in [0.2, 0.25) is 5.91 Å². The van der Waals surface area contributed by atoms with Crippen molar-refractivity contribution in [2.24, 2.45) is 5.92 Å². The first-order chi connectivity index (χ1) is 7.56. The van der Waals surface area contributed by atoms with Crippen molar-refractivity contribution in [2.45, 2.75) is 58.9 Å². The maximum absolute atomic E-state index is 11.5. The molecule has 4 heteroatoms.